The summed E-state index contributed by atoms with van der Waals surface area (Å²) in [6.07, 6.45) is 0.995. The Kier molecular flexibility index (Phi) is 4.99. The molecule has 0 atom stereocenters. The first-order chi connectivity index (χ1) is 4.52. The fourth-order valence-electron chi connectivity index (χ4n) is 0.539. The first kappa shape index (κ1) is 12.3. The molecule has 0 aliphatic heterocycles. The topological polar surface area (TPSA) is 13.1 Å². The van der Waals surface area contributed by atoms with E-state index in [9.17, 15) is 12.9 Å². The van der Waals surface area contributed by atoms with Crippen LogP contribution in [0, 0.1) is 0 Å². The van der Waals surface area contributed by atoms with Gasteiger partial charge in [0.25, 0.3) is 0 Å². The molecule has 1 rings (SSSR count). The van der Waals surface area contributed by atoms with E-state index in [0.29, 0.717) is 0 Å². The maximum Gasteiger partial charge on any atom is 1.00 e. The van der Waals surface area contributed by atoms with Gasteiger partial charge in [-0.05, 0) is 6.07 Å². The van der Waals surface area contributed by atoms with Crippen molar-refractivity contribution in [3.8, 4) is 0 Å². The van der Waals surface area contributed by atoms with E-state index < -0.39 is 12.6 Å². The SMILES string of the molecule is F[B-](F)(F)c1occc1Br.[K+]. The van der Waals surface area contributed by atoms with Crippen molar-refractivity contribution < 1.29 is 68.7 Å². The third kappa shape index (κ3) is 3.24. The van der Waals surface area contributed by atoms with E-state index in [1.54, 1.807) is 0 Å². The summed E-state index contributed by atoms with van der Waals surface area (Å²) in [5.74, 6) is 0. The van der Waals surface area contributed by atoms with Crippen LogP contribution in [0.1, 0.15) is 0 Å². The summed E-state index contributed by atoms with van der Waals surface area (Å²) < 4.78 is 39.6. The largest absolute Gasteiger partial charge is 1.00 e. The molecule has 0 aliphatic carbocycles. The van der Waals surface area contributed by atoms with Crippen LogP contribution in [0.2, 0.25) is 0 Å². The van der Waals surface area contributed by atoms with Crippen LogP contribution in [0.4, 0.5) is 12.9 Å². The van der Waals surface area contributed by atoms with Crippen LogP contribution < -0.4 is 57.0 Å². The van der Waals surface area contributed by atoms with Gasteiger partial charge in [-0.25, -0.2) is 0 Å². The second-order valence-corrected chi connectivity index (χ2v) is 2.56. The first-order valence-corrected chi connectivity index (χ1v) is 3.24. The molecule has 0 amide bonds. The van der Waals surface area contributed by atoms with Crippen LogP contribution in [0.15, 0.2) is 21.2 Å². The van der Waals surface area contributed by atoms with Crippen LogP contribution in [-0.2, 0) is 0 Å². The van der Waals surface area contributed by atoms with Gasteiger partial charge in [-0.15, -0.1) is 0 Å². The van der Waals surface area contributed by atoms with Crippen molar-refractivity contribution in [3.63, 3.8) is 0 Å². The van der Waals surface area contributed by atoms with Gasteiger partial charge in [0.2, 0.25) is 0 Å². The molecular weight excluding hydrogens is 251 g/mol. The average Bonchev–Trinajstić information content (AvgIpc) is 2.11. The van der Waals surface area contributed by atoms with Crippen LogP contribution in [0.3, 0.4) is 0 Å². The Morgan fingerprint density at radius 1 is 1.36 bits per heavy atom. The van der Waals surface area contributed by atoms with E-state index in [0.717, 1.165) is 6.26 Å². The monoisotopic (exact) mass is 252 g/mol. The maximum absolute atomic E-state index is 11.8. The molecule has 0 aromatic carbocycles. The molecular formula is C4H2BBrF3KO. The molecule has 0 radical (unpaired) electrons. The van der Waals surface area contributed by atoms with Crippen LogP contribution in [-0.4, -0.2) is 6.98 Å². The number of furan rings is 1. The summed E-state index contributed by atoms with van der Waals surface area (Å²) in [5.41, 5.74) is -0.931. The Balaban J connectivity index is 0.000001000. The molecule has 0 bridgehead atoms. The van der Waals surface area contributed by atoms with Gasteiger partial charge < -0.3 is 17.4 Å². The Labute approximate surface area is 112 Å². The minimum atomic E-state index is -5.00. The van der Waals surface area contributed by atoms with Gasteiger partial charge in [-0.2, -0.15) is 0 Å². The van der Waals surface area contributed by atoms with Gasteiger partial charge in [0.1, 0.15) is 0 Å². The van der Waals surface area contributed by atoms with Crippen molar-refractivity contribution in [2.45, 2.75) is 0 Å². The van der Waals surface area contributed by atoms with E-state index >= 15 is 0 Å². The number of rotatable bonds is 1. The van der Waals surface area contributed by atoms with Gasteiger partial charge in [0, 0.05) is 4.47 Å². The molecule has 1 heterocycles. The molecule has 0 spiro atoms. The van der Waals surface area contributed by atoms with Crippen molar-refractivity contribution >= 4 is 28.6 Å². The second-order valence-electron chi connectivity index (χ2n) is 1.71. The van der Waals surface area contributed by atoms with Crippen molar-refractivity contribution in [2.75, 3.05) is 0 Å². The fraction of sp³-hybridized carbons (Fsp3) is 0. The molecule has 7 heteroatoms. The van der Waals surface area contributed by atoms with Crippen LogP contribution >= 0.6 is 15.9 Å². The predicted molar refractivity (Wildman–Crippen MR) is 35.1 cm³/mol. The first-order valence-electron chi connectivity index (χ1n) is 2.44. The zero-order valence-corrected chi connectivity index (χ0v) is 10.4. The van der Waals surface area contributed by atoms with Crippen molar-refractivity contribution in [2.24, 2.45) is 0 Å². The molecule has 0 N–H and O–H groups in total. The summed E-state index contributed by atoms with van der Waals surface area (Å²) >= 11 is 2.70. The fourth-order valence-corrected chi connectivity index (χ4v) is 1.000. The van der Waals surface area contributed by atoms with E-state index in [1.807, 2.05) is 0 Å². The quantitative estimate of drug-likeness (QED) is 0.591. The Hall–Kier alpha value is 1.25. The third-order valence-corrected chi connectivity index (χ3v) is 1.60. The smallest absolute Gasteiger partial charge is 0.500 e. The van der Waals surface area contributed by atoms with Gasteiger partial charge in [0.05, 0.1) is 11.9 Å². The minimum absolute atomic E-state index is 0. The van der Waals surface area contributed by atoms with E-state index in [-0.39, 0.29) is 55.9 Å². The predicted octanol–water partition coefficient (Wildman–Crippen LogP) is -0.899. The molecule has 0 saturated heterocycles. The maximum atomic E-state index is 11.8. The molecule has 1 nitrogen and oxygen atoms in total. The molecule has 0 aliphatic rings. The van der Waals surface area contributed by atoms with Crippen molar-refractivity contribution in [1.29, 1.82) is 0 Å². The molecule has 11 heavy (non-hydrogen) atoms. The Morgan fingerprint density at radius 2 is 1.91 bits per heavy atom. The van der Waals surface area contributed by atoms with E-state index in [1.165, 1.54) is 6.07 Å². The molecule has 0 saturated carbocycles. The molecule has 0 fully saturated rings. The zero-order chi connectivity index (χ0) is 7.78. The Morgan fingerprint density at radius 3 is 2.09 bits per heavy atom. The number of hydrogen-bond donors (Lipinski definition) is 0. The molecule has 1 aromatic heterocycles. The summed E-state index contributed by atoms with van der Waals surface area (Å²) in [4.78, 5) is 0. The van der Waals surface area contributed by atoms with Crippen LogP contribution in [0.5, 0.6) is 0 Å². The summed E-state index contributed by atoms with van der Waals surface area (Å²) in [6.45, 7) is -5.00. The van der Waals surface area contributed by atoms with Crippen molar-refractivity contribution in [1.82, 2.24) is 0 Å². The third-order valence-electron chi connectivity index (χ3n) is 0.942. The number of halogens is 4. The summed E-state index contributed by atoms with van der Waals surface area (Å²) in [5, 5.41) is 0. The normalized spacial score (nSPS) is 10.9. The molecule has 0 unspecified atom stereocenters. The van der Waals surface area contributed by atoms with Gasteiger partial charge in [0.15, 0.2) is 0 Å². The minimum Gasteiger partial charge on any atom is -0.500 e. The standard InChI is InChI=1S/C4H2BBrF3O.K/c6-3-1-2-10-4(3)5(7,8)9;/h1-2H;/q-1;+1. The van der Waals surface area contributed by atoms with E-state index in [4.69, 9.17) is 0 Å². The molecule has 1 aromatic rings. The summed E-state index contributed by atoms with van der Waals surface area (Å²) in [7, 11) is 0. The second kappa shape index (κ2) is 4.48. The van der Waals surface area contributed by atoms with Gasteiger partial charge in [-0.1, -0.05) is 15.9 Å². The number of hydrogen-bond acceptors (Lipinski definition) is 1. The van der Waals surface area contributed by atoms with Crippen LogP contribution in [0.25, 0.3) is 0 Å². The average molecular weight is 253 g/mol. The zero-order valence-electron chi connectivity index (χ0n) is 5.65. The van der Waals surface area contributed by atoms with Crippen molar-refractivity contribution in [3.05, 3.63) is 16.8 Å². The van der Waals surface area contributed by atoms with Gasteiger partial charge in [-0.3, -0.25) is 0 Å². The van der Waals surface area contributed by atoms with E-state index in [2.05, 4.69) is 20.3 Å². The molecule has 56 valence electrons. The summed E-state index contributed by atoms with van der Waals surface area (Å²) in [6, 6.07) is 1.21. The Bertz CT molecular complexity index is 235. The van der Waals surface area contributed by atoms with Gasteiger partial charge >= 0.3 is 58.4 Å².